The standard InChI is InChI=1S/C30H26BrN3O6S/c1-16-25(28(36)33-18-8-6-5-7-9-18)26(20-11-10-19(38-2)15-22(20)39-3)34-29(37)24(41-30(34)32-16)14-17-12-21(31)27(35)23(13-17)40-4/h5-15,26,35H,1-4H3,(H,33,36)/b24-14-/t26-/m0/s1. The molecule has 0 saturated carbocycles. The second-order valence-electron chi connectivity index (χ2n) is 9.06. The van der Waals surface area contributed by atoms with Crippen LogP contribution in [0.5, 0.6) is 23.0 Å². The summed E-state index contributed by atoms with van der Waals surface area (Å²) < 4.78 is 18.7. The zero-order valence-electron chi connectivity index (χ0n) is 22.6. The van der Waals surface area contributed by atoms with E-state index in [0.717, 1.165) is 0 Å². The van der Waals surface area contributed by atoms with Crippen molar-refractivity contribution in [3.8, 4) is 23.0 Å². The molecule has 9 nitrogen and oxygen atoms in total. The number of fused-ring (bicyclic) bond motifs is 1. The van der Waals surface area contributed by atoms with E-state index in [1.54, 1.807) is 62.6 Å². The number of methoxy groups -OCH3 is 3. The molecular weight excluding hydrogens is 610 g/mol. The van der Waals surface area contributed by atoms with Crippen LogP contribution in [0.25, 0.3) is 6.08 Å². The molecule has 0 bridgehead atoms. The van der Waals surface area contributed by atoms with E-state index in [0.29, 0.717) is 53.4 Å². The number of anilines is 1. The van der Waals surface area contributed by atoms with Gasteiger partial charge in [-0.25, -0.2) is 4.99 Å². The van der Waals surface area contributed by atoms with E-state index in [1.807, 2.05) is 18.2 Å². The predicted molar refractivity (Wildman–Crippen MR) is 161 cm³/mol. The topological polar surface area (TPSA) is 111 Å². The number of nitrogens with one attached hydrogen (secondary N) is 1. The smallest absolute Gasteiger partial charge is 0.271 e. The minimum Gasteiger partial charge on any atom is -0.503 e. The van der Waals surface area contributed by atoms with Gasteiger partial charge in [0.1, 0.15) is 17.5 Å². The third kappa shape index (κ3) is 5.38. The number of amides is 1. The molecule has 1 amide bonds. The van der Waals surface area contributed by atoms with E-state index in [1.165, 1.54) is 30.1 Å². The molecule has 0 aliphatic carbocycles. The number of rotatable bonds is 7. The molecule has 41 heavy (non-hydrogen) atoms. The largest absolute Gasteiger partial charge is 0.503 e. The van der Waals surface area contributed by atoms with Gasteiger partial charge in [-0.3, -0.25) is 14.2 Å². The molecule has 1 aromatic heterocycles. The number of hydrogen-bond donors (Lipinski definition) is 2. The van der Waals surface area contributed by atoms with Gasteiger partial charge in [0.2, 0.25) is 0 Å². The van der Waals surface area contributed by atoms with Crippen molar-refractivity contribution in [1.82, 2.24) is 4.57 Å². The molecule has 11 heteroatoms. The van der Waals surface area contributed by atoms with Crippen molar-refractivity contribution in [2.45, 2.75) is 13.0 Å². The first-order valence-corrected chi connectivity index (χ1v) is 14.0. The number of carbonyl (C=O) groups excluding carboxylic acids is 1. The maximum Gasteiger partial charge on any atom is 0.271 e. The highest BCUT2D eigenvalue weighted by Gasteiger charge is 2.34. The molecule has 0 fully saturated rings. The van der Waals surface area contributed by atoms with Gasteiger partial charge < -0.3 is 24.6 Å². The highest BCUT2D eigenvalue weighted by molar-refractivity contribution is 9.10. The highest BCUT2D eigenvalue weighted by atomic mass is 79.9. The van der Waals surface area contributed by atoms with E-state index in [2.05, 4.69) is 26.2 Å². The number of benzene rings is 3. The summed E-state index contributed by atoms with van der Waals surface area (Å²) in [6.45, 7) is 1.75. The van der Waals surface area contributed by atoms with Crippen LogP contribution in [-0.4, -0.2) is 36.9 Å². The average molecular weight is 637 g/mol. The number of hydrogen-bond acceptors (Lipinski definition) is 8. The number of para-hydroxylation sites is 1. The summed E-state index contributed by atoms with van der Waals surface area (Å²) in [5.41, 5.74) is 2.30. The Balaban J connectivity index is 1.73. The van der Waals surface area contributed by atoms with Gasteiger partial charge in [-0.2, -0.15) is 0 Å². The van der Waals surface area contributed by atoms with E-state index in [9.17, 15) is 14.7 Å². The Labute approximate surface area is 247 Å². The normalized spacial score (nSPS) is 14.8. The molecular formula is C30H26BrN3O6S. The van der Waals surface area contributed by atoms with Crippen LogP contribution in [0.1, 0.15) is 24.1 Å². The number of halogens is 1. The molecule has 0 radical (unpaired) electrons. The summed E-state index contributed by atoms with van der Waals surface area (Å²) in [6.07, 6.45) is 1.70. The van der Waals surface area contributed by atoms with Crippen molar-refractivity contribution in [2.75, 3.05) is 26.6 Å². The number of nitrogens with zero attached hydrogens (tertiary/aromatic N) is 2. The van der Waals surface area contributed by atoms with Crippen molar-refractivity contribution >= 4 is 44.9 Å². The fourth-order valence-corrected chi connectivity index (χ4v) is 6.16. The van der Waals surface area contributed by atoms with Crippen LogP contribution >= 0.6 is 27.3 Å². The maximum atomic E-state index is 14.0. The molecule has 0 unspecified atom stereocenters. The molecule has 5 rings (SSSR count). The number of aromatic hydroxyl groups is 1. The number of allylic oxidation sites excluding steroid dienone is 1. The molecule has 2 heterocycles. The van der Waals surface area contributed by atoms with Crippen molar-refractivity contribution in [1.29, 1.82) is 0 Å². The van der Waals surface area contributed by atoms with Crippen LogP contribution < -0.4 is 34.4 Å². The number of carbonyl (C=O) groups is 1. The summed E-state index contributed by atoms with van der Waals surface area (Å²) in [6, 6.07) is 16.8. The first-order valence-electron chi connectivity index (χ1n) is 12.4. The molecule has 1 atom stereocenters. The number of aromatic nitrogens is 1. The first kappa shape index (κ1) is 28.2. The predicted octanol–water partition coefficient (Wildman–Crippen LogP) is 4.37. The third-order valence-corrected chi connectivity index (χ3v) is 8.19. The Kier molecular flexibility index (Phi) is 8.00. The lowest BCUT2D eigenvalue weighted by molar-refractivity contribution is -0.113. The SMILES string of the molecule is COc1ccc([C@H]2C(C(=O)Nc3ccccc3)=C(C)N=c3s/c(=C\c4cc(Br)c(O)c(OC)c4)c(=O)n32)c(OC)c1. The van der Waals surface area contributed by atoms with Gasteiger partial charge in [0.05, 0.1) is 41.6 Å². The minimum absolute atomic E-state index is 0.0394. The van der Waals surface area contributed by atoms with Crippen molar-refractivity contribution in [2.24, 2.45) is 4.99 Å². The van der Waals surface area contributed by atoms with Gasteiger partial charge in [0.25, 0.3) is 11.5 Å². The fraction of sp³-hybridized carbons (Fsp3) is 0.167. The molecule has 1 aliphatic heterocycles. The quantitative estimate of drug-likeness (QED) is 0.312. The second kappa shape index (κ2) is 11.6. The summed E-state index contributed by atoms with van der Waals surface area (Å²) in [4.78, 5) is 32.9. The van der Waals surface area contributed by atoms with Gasteiger partial charge in [-0.05, 0) is 70.9 Å². The summed E-state index contributed by atoms with van der Waals surface area (Å²) in [5.74, 6) is 0.857. The lowest BCUT2D eigenvalue weighted by Gasteiger charge is -2.26. The summed E-state index contributed by atoms with van der Waals surface area (Å²) in [5, 5.41) is 13.1. The van der Waals surface area contributed by atoms with Crippen LogP contribution in [0.3, 0.4) is 0 Å². The van der Waals surface area contributed by atoms with Crippen molar-refractivity contribution in [3.05, 3.63) is 107 Å². The fourth-order valence-electron chi connectivity index (χ4n) is 4.65. The van der Waals surface area contributed by atoms with Crippen LogP contribution in [0.4, 0.5) is 5.69 Å². The zero-order valence-corrected chi connectivity index (χ0v) is 25.0. The van der Waals surface area contributed by atoms with Crippen LogP contribution in [0, 0.1) is 0 Å². The van der Waals surface area contributed by atoms with Gasteiger partial charge in [0.15, 0.2) is 16.3 Å². The number of phenols is 1. The van der Waals surface area contributed by atoms with Gasteiger partial charge >= 0.3 is 0 Å². The molecule has 4 aromatic rings. The summed E-state index contributed by atoms with van der Waals surface area (Å²) >= 11 is 4.53. The maximum absolute atomic E-state index is 14.0. The van der Waals surface area contributed by atoms with E-state index >= 15 is 0 Å². The number of ether oxygens (including phenoxy) is 3. The average Bonchev–Trinajstić information content (AvgIpc) is 3.27. The molecule has 2 N–H and O–H groups in total. The Morgan fingerprint density at radius 1 is 1.05 bits per heavy atom. The molecule has 0 spiro atoms. The Morgan fingerprint density at radius 3 is 2.46 bits per heavy atom. The molecule has 210 valence electrons. The van der Waals surface area contributed by atoms with E-state index in [-0.39, 0.29) is 23.0 Å². The molecule has 3 aromatic carbocycles. The Bertz CT molecular complexity index is 1860. The number of phenolic OH excluding ortho intramolecular Hbond substituents is 1. The van der Waals surface area contributed by atoms with Crippen molar-refractivity contribution < 1.29 is 24.1 Å². The molecule has 0 saturated heterocycles. The van der Waals surface area contributed by atoms with Gasteiger partial charge in [-0.15, -0.1) is 0 Å². The Morgan fingerprint density at radius 2 is 1.78 bits per heavy atom. The van der Waals surface area contributed by atoms with E-state index < -0.39 is 6.04 Å². The first-order chi connectivity index (χ1) is 19.7. The van der Waals surface area contributed by atoms with Crippen LogP contribution in [0.15, 0.2) is 86.2 Å². The van der Waals surface area contributed by atoms with E-state index in [4.69, 9.17) is 14.2 Å². The summed E-state index contributed by atoms with van der Waals surface area (Å²) in [7, 11) is 4.53. The number of thiazole rings is 1. The van der Waals surface area contributed by atoms with Gasteiger partial charge in [-0.1, -0.05) is 29.5 Å². The van der Waals surface area contributed by atoms with Crippen molar-refractivity contribution in [3.63, 3.8) is 0 Å². The second-order valence-corrected chi connectivity index (χ2v) is 10.9. The zero-order chi connectivity index (χ0) is 29.3. The monoisotopic (exact) mass is 635 g/mol. The lowest BCUT2D eigenvalue weighted by atomic mass is 9.94. The van der Waals surface area contributed by atoms with Gasteiger partial charge in [0, 0.05) is 17.3 Å². The highest BCUT2D eigenvalue weighted by Crippen LogP contribution is 2.38. The van der Waals surface area contributed by atoms with Crippen LogP contribution in [-0.2, 0) is 4.79 Å². The lowest BCUT2D eigenvalue weighted by Crippen LogP contribution is -2.40. The third-order valence-electron chi connectivity index (χ3n) is 6.60. The Hall–Kier alpha value is -4.35. The van der Waals surface area contributed by atoms with Crippen LogP contribution in [0.2, 0.25) is 0 Å². The molecule has 1 aliphatic rings. The minimum atomic E-state index is -0.834.